The van der Waals surface area contributed by atoms with E-state index in [9.17, 15) is 28.8 Å². The Morgan fingerprint density at radius 3 is 1.18 bits per heavy atom. The third-order valence-electron chi connectivity index (χ3n) is 10.4. The van der Waals surface area contributed by atoms with Crippen molar-refractivity contribution < 1.29 is 47.7 Å². The number of nitrogens with one attached hydrogen (secondary N) is 2. The van der Waals surface area contributed by atoms with Gasteiger partial charge in [-0.1, -0.05) is 98.8 Å². The quantitative estimate of drug-likeness (QED) is 0.0176. The number of amides is 2. The molecular weight excluding hydrogens is 1010 g/mol. The van der Waals surface area contributed by atoms with Crippen molar-refractivity contribution in [2.24, 2.45) is 20.5 Å². The molecule has 20 heteroatoms. The standard InChI is InChI=1S/C52H52Cl4N6O10/c1-5-7-9-11-25-69-35-15-19-37(20-16-35)71-51(67)33-13-23-39(53)45(27-33)59-61-47(31(3)63)49(65)57-43-29-42(56)44(30-41(43)55)58-50(66)48(32(4)64)62-60-46-28-34(14-24-40(46)54)52(68)72-38-21-17-36(18-22-38)70-26-12-10-8-6-2/h13-24,27-30,47-48H,5-12,25-26H2,1-4H3,(H,57,65)(H,58,66). The number of ketones is 2. The minimum Gasteiger partial charge on any atom is -0.494 e. The third-order valence-corrected chi connectivity index (χ3v) is 11.6. The van der Waals surface area contributed by atoms with Crippen molar-refractivity contribution in [2.75, 3.05) is 23.8 Å². The fraction of sp³-hybridized carbons (Fsp3) is 0.308. The minimum absolute atomic E-state index is 0.0325. The number of hydrogen-bond donors (Lipinski definition) is 2. The average Bonchev–Trinajstić information content (AvgIpc) is 3.34. The molecule has 2 unspecified atom stereocenters. The molecule has 0 heterocycles. The van der Waals surface area contributed by atoms with Crippen LogP contribution in [0.2, 0.25) is 20.1 Å². The number of benzene rings is 5. The molecule has 5 aromatic rings. The summed E-state index contributed by atoms with van der Waals surface area (Å²) in [6.45, 7) is 7.67. The van der Waals surface area contributed by atoms with Crippen LogP contribution in [0.1, 0.15) is 99.8 Å². The van der Waals surface area contributed by atoms with Gasteiger partial charge in [-0.3, -0.25) is 19.2 Å². The largest absolute Gasteiger partial charge is 0.494 e. The molecule has 2 amide bonds. The molecule has 2 atom stereocenters. The number of ether oxygens (including phenoxy) is 4. The van der Waals surface area contributed by atoms with Crippen LogP contribution in [0, 0.1) is 0 Å². The Morgan fingerprint density at radius 1 is 0.472 bits per heavy atom. The summed E-state index contributed by atoms with van der Waals surface area (Å²) in [5, 5.41) is 20.6. The molecular formula is C52H52Cl4N6O10. The van der Waals surface area contributed by atoms with Gasteiger partial charge in [0, 0.05) is 0 Å². The Morgan fingerprint density at radius 2 is 0.833 bits per heavy atom. The molecule has 5 rings (SSSR count). The molecule has 0 bridgehead atoms. The van der Waals surface area contributed by atoms with E-state index in [2.05, 4.69) is 44.9 Å². The van der Waals surface area contributed by atoms with Crippen LogP contribution in [0.4, 0.5) is 22.7 Å². The molecule has 5 aromatic carbocycles. The van der Waals surface area contributed by atoms with Gasteiger partial charge in [-0.15, -0.1) is 0 Å². The van der Waals surface area contributed by atoms with Crippen LogP contribution in [0.5, 0.6) is 23.0 Å². The predicted octanol–water partition coefficient (Wildman–Crippen LogP) is 14.0. The van der Waals surface area contributed by atoms with Crippen molar-refractivity contribution in [1.82, 2.24) is 0 Å². The van der Waals surface area contributed by atoms with Gasteiger partial charge in [0.25, 0.3) is 11.8 Å². The van der Waals surface area contributed by atoms with Gasteiger partial charge in [0.1, 0.15) is 34.4 Å². The summed E-state index contributed by atoms with van der Waals surface area (Å²) in [6.07, 6.45) is 8.58. The van der Waals surface area contributed by atoms with E-state index >= 15 is 0 Å². The number of carbonyl (C=O) groups is 6. The summed E-state index contributed by atoms with van der Waals surface area (Å²) in [5.74, 6) is -2.97. The molecule has 0 aliphatic carbocycles. The van der Waals surface area contributed by atoms with E-state index in [1.165, 1.54) is 48.5 Å². The first-order valence-electron chi connectivity index (χ1n) is 23.0. The number of carbonyl (C=O) groups excluding carboxylic acids is 6. The molecule has 16 nitrogen and oxygen atoms in total. The second kappa shape index (κ2) is 28.4. The number of Topliss-reactive ketones (excluding diaryl/α,β-unsaturated/α-hetero) is 2. The van der Waals surface area contributed by atoms with Crippen LogP contribution in [0.15, 0.2) is 118 Å². The lowest BCUT2D eigenvalue weighted by atomic mass is 10.2. The molecule has 0 fully saturated rings. The maximum Gasteiger partial charge on any atom is 0.343 e. The summed E-state index contributed by atoms with van der Waals surface area (Å²) in [5.41, 5.74) is -0.0903. The van der Waals surface area contributed by atoms with Crippen molar-refractivity contribution in [1.29, 1.82) is 0 Å². The number of esters is 2. The summed E-state index contributed by atoms with van der Waals surface area (Å²) >= 11 is 25.7. The highest BCUT2D eigenvalue weighted by atomic mass is 35.5. The fourth-order valence-electron chi connectivity index (χ4n) is 6.43. The van der Waals surface area contributed by atoms with Crippen molar-refractivity contribution in [3.63, 3.8) is 0 Å². The molecule has 0 radical (unpaired) electrons. The van der Waals surface area contributed by atoms with Gasteiger partial charge >= 0.3 is 11.9 Å². The first-order chi connectivity index (χ1) is 34.6. The Balaban J connectivity index is 1.19. The normalized spacial score (nSPS) is 12.0. The highest BCUT2D eigenvalue weighted by Crippen LogP contribution is 2.34. The lowest BCUT2D eigenvalue weighted by Crippen LogP contribution is -2.32. The highest BCUT2D eigenvalue weighted by Gasteiger charge is 2.27. The van der Waals surface area contributed by atoms with E-state index in [0.717, 1.165) is 65.2 Å². The van der Waals surface area contributed by atoms with Crippen LogP contribution < -0.4 is 29.6 Å². The fourth-order valence-corrected chi connectivity index (χ4v) is 7.16. The van der Waals surface area contributed by atoms with Crippen LogP contribution in [0.3, 0.4) is 0 Å². The number of rotatable bonds is 26. The molecule has 0 saturated heterocycles. The molecule has 0 aliphatic heterocycles. The van der Waals surface area contributed by atoms with Crippen LogP contribution in [-0.2, 0) is 19.2 Å². The number of halogens is 4. The van der Waals surface area contributed by atoms with E-state index in [4.69, 9.17) is 65.4 Å². The van der Waals surface area contributed by atoms with Gasteiger partial charge in [0.15, 0.2) is 11.6 Å². The number of azo groups is 2. The molecule has 72 heavy (non-hydrogen) atoms. The summed E-state index contributed by atoms with van der Waals surface area (Å²) in [4.78, 5) is 78.1. The summed E-state index contributed by atoms with van der Waals surface area (Å²) in [6, 6.07) is 20.4. The predicted molar refractivity (Wildman–Crippen MR) is 277 cm³/mol. The Hall–Kier alpha value is -6.72. The number of nitrogens with zero attached hydrogens (tertiary/aromatic N) is 4. The first-order valence-corrected chi connectivity index (χ1v) is 24.5. The zero-order valence-corrected chi connectivity index (χ0v) is 42.9. The second-order valence-corrected chi connectivity index (χ2v) is 17.7. The molecule has 0 saturated carbocycles. The van der Waals surface area contributed by atoms with Gasteiger partial charge in [-0.05, 0) is 124 Å². The number of hydrogen-bond acceptors (Lipinski definition) is 14. The second-order valence-electron chi connectivity index (χ2n) is 16.1. The average molecular weight is 1060 g/mol. The van der Waals surface area contributed by atoms with Gasteiger partial charge in [-0.2, -0.15) is 20.5 Å². The van der Waals surface area contributed by atoms with E-state index in [1.54, 1.807) is 48.5 Å². The Labute approximate surface area is 436 Å². The van der Waals surface area contributed by atoms with E-state index in [0.29, 0.717) is 24.7 Å². The van der Waals surface area contributed by atoms with Crippen LogP contribution >= 0.6 is 46.4 Å². The molecule has 378 valence electrons. The van der Waals surface area contributed by atoms with Crippen molar-refractivity contribution in [3.05, 3.63) is 128 Å². The maximum atomic E-state index is 13.4. The SMILES string of the molecule is CCCCCCOc1ccc(OC(=O)c2ccc(Cl)c(N=NC(C(C)=O)C(=O)Nc3cc(Cl)c(NC(=O)C(N=Nc4cc(C(=O)Oc5ccc(OCCCCCC)cc5)ccc4Cl)C(C)=O)cc3Cl)c2)cc1. The van der Waals surface area contributed by atoms with Crippen molar-refractivity contribution in [3.8, 4) is 23.0 Å². The molecule has 2 N–H and O–H groups in total. The smallest absolute Gasteiger partial charge is 0.343 e. The van der Waals surface area contributed by atoms with E-state index in [-0.39, 0.29) is 65.5 Å². The van der Waals surface area contributed by atoms with E-state index < -0.39 is 47.4 Å². The number of unbranched alkanes of at least 4 members (excludes halogenated alkanes) is 6. The lowest BCUT2D eigenvalue weighted by molar-refractivity contribution is -0.127. The minimum atomic E-state index is -1.71. The van der Waals surface area contributed by atoms with Crippen molar-refractivity contribution >= 4 is 104 Å². The Kier molecular flexibility index (Phi) is 22.1. The van der Waals surface area contributed by atoms with Crippen LogP contribution in [0.25, 0.3) is 0 Å². The number of anilines is 2. The van der Waals surface area contributed by atoms with Gasteiger partial charge in [0.2, 0.25) is 12.1 Å². The highest BCUT2D eigenvalue weighted by molar-refractivity contribution is 6.38. The first kappa shape index (κ1) is 56.2. The maximum absolute atomic E-state index is 13.4. The topological polar surface area (TPSA) is 213 Å². The monoisotopic (exact) mass is 1060 g/mol. The van der Waals surface area contributed by atoms with Crippen LogP contribution in [-0.4, -0.2) is 60.6 Å². The summed E-state index contributed by atoms with van der Waals surface area (Å²) < 4.78 is 22.5. The van der Waals surface area contributed by atoms with Gasteiger partial charge < -0.3 is 29.6 Å². The molecule has 0 aromatic heterocycles. The Bertz CT molecular complexity index is 2600. The zero-order valence-electron chi connectivity index (χ0n) is 39.8. The lowest BCUT2D eigenvalue weighted by Gasteiger charge is -2.15. The summed E-state index contributed by atoms with van der Waals surface area (Å²) in [7, 11) is 0. The zero-order chi connectivity index (χ0) is 52.2. The van der Waals surface area contributed by atoms with Crippen molar-refractivity contribution in [2.45, 2.75) is 91.1 Å². The molecule has 0 spiro atoms. The molecule has 0 aliphatic rings. The van der Waals surface area contributed by atoms with E-state index in [1.807, 2.05) is 0 Å². The van der Waals surface area contributed by atoms with Gasteiger partial charge in [-0.25, -0.2) is 9.59 Å². The third kappa shape index (κ3) is 17.3. The van der Waals surface area contributed by atoms with Gasteiger partial charge in [0.05, 0.1) is 55.8 Å².